The number of carbonyl (C=O) groups excluding carboxylic acids is 2. The molecule has 0 spiro atoms. The van der Waals surface area contributed by atoms with Crippen LogP contribution in [0.15, 0.2) is 0 Å². The first kappa shape index (κ1) is 12.9. The van der Waals surface area contributed by atoms with Gasteiger partial charge in [-0.3, -0.25) is 14.9 Å². The lowest BCUT2D eigenvalue weighted by Crippen LogP contribution is -2.59. The number of piperazine rings is 1. The highest BCUT2D eigenvalue weighted by molar-refractivity contribution is 5.86. The van der Waals surface area contributed by atoms with Crippen LogP contribution in [0.2, 0.25) is 0 Å². The fraction of sp³-hybridized carbons (Fsp3) is 0.778. The summed E-state index contributed by atoms with van der Waals surface area (Å²) in [5.74, 6) is -0.358. The normalized spacial score (nSPS) is 20.4. The summed E-state index contributed by atoms with van der Waals surface area (Å²) < 4.78 is 0. The summed E-state index contributed by atoms with van der Waals surface area (Å²) in [7, 11) is 0. The molecule has 0 aromatic heterocycles. The first-order chi connectivity index (χ1) is 7.69. The van der Waals surface area contributed by atoms with Gasteiger partial charge in [0.15, 0.2) is 0 Å². The van der Waals surface area contributed by atoms with Crippen molar-refractivity contribution >= 4 is 11.8 Å². The first-order valence-electron chi connectivity index (χ1n) is 5.19. The predicted molar refractivity (Wildman–Crippen MR) is 55.6 cm³/mol. The summed E-state index contributed by atoms with van der Waals surface area (Å²) in [6.45, 7) is 0.431. The van der Waals surface area contributed by atoms with Gasteiger partial charge in [0, 0.05) is 19.6 Å². The molecule has 1 heterocycles. The molecule has 16 heavy (non-hydrogen) atoms. The summed E-state index contributed by atoms with van der Waals surface area (Å²) in [4.78, 5) is 24.1. The van der Waals surface area contributed by atoms with Crippen molar-refractivity contribution in [2.75, 3.05) is 39.4 Å². The number of nitrogens with zero attached hydrogens (tertiary/aromatic N) is 1. The number of nitrogens with one attached hydrogen (secondary N) is 2. The van der Waals surface area contributed by atoms with E-state index in [1.807, 2.05) is 0 Å². The molecule has 4 N–H and O–H groups in total. The molecule has 92 valence electrons. The van der Waals surface area contributed by atoms with E-state index in [0.29, 0.717) is 0 Å². The van der Waals surface area contributed by atoms with Crippen LogP contribution in [0.1, 0.15) is 0 Å². The van der Waals surface area contributed by atoms with Crippen molar-refractivity contribution in [1.29, 1.82) is 0 Å². The molecule has 1 atom stereocenters. The van der Waals surface area contributed by atoms with Gasteiger partial charge in [0.1, 0.15) is 6.04 Å². The van der Waals surface area contributed by atoms with E-state index in [9.17, 15) is 9.59 Å². The Kier molecular flexibility index (Phi) is 5.17. The highest BCUT2D eigenvalue weighted by Crippen LogP contribution is 1.97. The second-order valence-corrected chi connectivity index (χ2v) is 3.51. The predicted octanol–water partition coefficient (Wildman–Crippen LogP) is -3.11. The van der Waals surface area contributed by atoms with Crippen molar-refractivity contribution in [3.8, 4) is 0 Å². The van der Waals surface area contributed by atoms with E-state index >= 15 is 0 Å². The van der Waals surface area contributed by atoms with Gasteiger partial charge in [-0.25, -0.2) is 0 Å². The molecule has 1 fully saturated rings. The van der Waals surface area contributed by atoms with Crippen molar-refractivity contribution in [2.45, 2.75) is 6.04 Å². The molecular weight excluding hydrogens is 214 g/mol. The summed E-state index contributed by atoms with van der Waals surface area (Å²) in [6, 6.07) is -0.476. The Labute approximate surface area is 93.4 Å². The SMILES string of the molecule is O=C1CNC(C(=O)N(CCO)CCO)CN1. The van der Waals surface area contributed by atoms with E-state index < -0.39 is 6.04 Å². The highest BCUT2D eigenvalue weighted by atomic mass is 16.3. The van der Waals surface area contributed by atoms with Crippen LogP contribution in [-0.4, -0.2) is 72.4 Å². The Hall–Kier alpha value is -1.18. The van der Waals surface area contributed by atoms with Crippen LogP contribution in [0.4, 0.5) is 0 Å². The maximum Gasteiger partial charge on any atom is 0.241 e. The largest absolute Gasteiger partial charge is 0.395 e. The Morgan fingerprint density at radius 2 is 2.00 bits per heavy atom. The Morgan fingerprint density at radius 3 is 2.44 bits per heavy atom. The lowest BCUT2D eigenvalue weighted by atomic mass is 10.2. The zero-order valence-corrected chi connectivity index (χ0v) is 8.98. The molecule has 1 unspecified atom stereocenters. The number of aliphatic hydroxyl groups excluding tert-OH is 2. The maximum absolute atomic E-state index is 11.9. The zero-order chi connectivity index (χ0) is 12.0. The molecule has 1 aliphatic heterocycles. The molecule has 1 saturated heterocycles. The monoisotopic (exact) mass is 231 g/mol. The number of rotatable bonds is 5. The van der Waals surface area contributed by atoms with Crippen LogP contribution in [0, 0.1) is 0 Å². The quantitative estimate of drug-likeness (QED) is 0.401. The highest BCUT2D eigenvalue weighted by Gasteiger charge is 2.27. The van der Waals surface area contributed by atoms with Crippen molar-refractivity contribution in [3.05, 3.63) is 0 Å². The second kappa shape index (κ2) is 6.41. The number of hydrogen-bond acceptors (Lipinski definition) is 5. The van der Waals surface area contributed by atoms with E-state index in [1.54, 1.807) is 0 Å². The number of aliphatic hydroxyl groups is 2. The molecule has 2 amide bonds. The van der Waals surface area contributed by atoms with Gasteiger partial charge in [0.25, 0.3) is 0 Å². The van der Waals surface area contributed by atoms with Gasteiger partial charge < -0.3 is 20.4 Å². The molecule has 1 rings (SSSR count). The third-order valence-corrected chi connectivity index (χ3v) is 2.36. The van der Waals surface area contributed by atoms with E-state index in [4.69, 9.17) is 10.2 Å². The van der Waals surface area contributed by atoms with Gasteiger partial charge in [-0.15, -0.1) is 0 Å². The molecule has 0 aromatic rings. The molecule has 0 saturated carbocycles. The molecule has 7 heteroatoms. The van der Waals surface area contributed by atoms with Crippen LogP contribution in [0.25, 0.3) is 0 Å². The van der Waals surface area contributed by atoms with Gasteiger partial charge >= 0.3 is 0 Å². The minimum absolute atomic E-state index is 0.114. The van der Waals surface area contributed by atoms with E-state index in [1.165, 1.54) is 4.90 Å². The Balaban J connectivity index is 2.49. The van der Waals surface area contributed by atoms with Crippen LogP contribution < -0.4 is 10.6 Å². The fourth-order valence-electron chi connectivity index (χ4n) is 1.54. The van der Waals surface area contributed by atoms with Crippen LogP contribution >= 0.6 is 0 Å². The second-order valence-electron chi connectivity index (χ2n) is 3.51. The topological polar surface area (TPSA) is 102 Å². The number of carbonyl (C=O) groups is 2. The zero-order valence-electron chi connectivity index (χ0n) is 8.98. The minimum Gasteiger partial charge on any atom is -0.395 e. The van der Waals surface area contributed by atoms with Crippen molar-refractivity contribution in [2.24, 2.45) is 0 Å². The molecule has 0 aliphatic carbocycles. The van der Waals surface area contributed by atoms with Crippen LogP contribution in [0.3, 0.4) is 0 Å². The average molecular weight is 231 g/mol. The van der Waals surface area contributed by atoms with E-state index in [2.05, 4.69) is 10.6 Å². The average Bonchev–Trinajstić information content (AvgIpc) is 2.29. The van der Waals surface area contributed by atoms with Gasteiger partial charge in [-0.2, -0.15) is 0 Å². The molecule has 0 radical (unpaired) electrons. The lowest BCUT2D eigenvalue weighted by molar-refractivity contribution is -0.135. The first-order valence-corrected chi connectivity index (χ1v) is 5.19. The number of hydrogen-bond donors (Lipinski definition) is 4. The molecule has 7 nitrogen and oxygen atoms in total. The molecule has 0 bridgehead atoms. The number of amides is 2. The third kappa shape index (κ3) is 3.44. The summed E-state index contributed by atoms with van der Waals surface area (Å²) >= 11 is 0. The van der Waals surface area contributed by atoms with E-state index in [0.717, 1.165) is 0 Å². The van der Waals surface area contributed by atoms with Crippen LogP contribution in [-0.2, 0) is 9.59 Å². The minimum atomic E-state index is -0.476. The molecular formula is C9H17N3O4. The summed E-state index contributed by atoms with van der Waals surface area (Å²) in [5.41, 5.74) is 0. The smallest absolute Gasteiger partial charge is 0.241 e. The van der Waals surface area contributed by atoms with Gasteiger partial charge in [-0.05, 0) is 0 Å². The fourth-order valence-corrected chi connectivity index (χ4v) is 1.54. The maximum atomic E-state index is 11.9. The van der Waals surface area contributed by atoms with Crippen molar-refractivity contribution in [1.82, 2.24) is 15.5 Å². The Bertz CT molecular complexity index is 243. The van der Waals surface area contributed by atoms with E-state index in [-0.39, 0.29) is 51.2 Å². The van der Waals surface area contributed by atoms with Gasteiger partial charge in [0.2, 0.25) is 11.8 Å². The Morgan fingerprint density at radius 1 is 1.38 bits per heavy atom. The lowest BCUT2D eigenvalue weighted by Gasteiger charge is -2.29. The van der Waals surface area contributed by atoms with Crippen molar-refractivity contribution < 1.29 is 19.8 Å². The molecule has 0 aromatic carbocycles. The standard InChI is InChI=1S/C9H17N3O4/c13-3-1-12(2-4-14)9(16)7-5-11-8(15)6-10-7/h7,10,13-14H,1-6H2,(H,11,15). The molecule has 1 aliphatic rings. The van der Waals surface area contributed by atoms with Gasteiger partial charge in [0.05, 0.1) is 19.8 Å². The summed E-state index contributed by atoms with van der Waals surface area (Å²) in [5, 5.41) is 23.0. The third-order valence-electron chi connectivity index (χ3n) is 2.36. The van der Waals surface area contributed by atoms with Crippen molar-refractivity contribution in [3.63, 3.8) is 0 Å². The van der Waals surface area contributed by atoms with Gasteiger partial charge in [-0.1, -0.05) is 0 Å². The van der Waals surface area contributed by atoms with Crippen LogP contribution in [0.5, 0.6) is 0 Å². The summed E-state index contributed by atoms with van der Waals surface area (Å²) in [6.07, 6.45) is 0.